The van der Waals surface area contributed by atoms with E-state index in [0.717, 1.165) is 75.6 Å². The summed E-state index contributed by atoms with van der Waals surface area (Å²) in [6.45, 7) is 5.96. The molecule has 2 fully saturated rings. The third-order valence-corrected chi connectivity index (χ3v) is 5.23. The zero-order valence-electron chi connectivity index (χ0n) is 15.2. The molecule has 0 atom stereocenters. The number of carbonyl (C=O) groups is 1. The molecule has 0 aliphatic carbocycles. The summed E-state index contributed by atoms with van der Waals surface area (Å²) in [7, 11) is 4.04. The topological polar surface area (TPSA) is 52.6 Å². The third-order valence-electron chi connectivity index (χ3n) is 5.23. The number of likely N-dealkylation sites (tertiary alicyclic amines) is 1. The molecule has 24 heavy (non-hydrogen) atoms. The molecular formula is C18H29N5O. The van der Waals surface area contributed by atoms with Crippen molar-refractivity contribution >= 4 is 17.7 Å². The van der Waals surface area contributed by atoms with E-state index in [0.29, 0.717) is 11.8 Å². The zero-order chi connectivity index (χ0) is 17.1. The van der Waals surface area contributed by atoms with Gasteiger partial charge < -0.3 is 14.7 Å². The van der Waals surface area contributed by atoms with Gasteiger partial charge in [-0.25, -0.2) is 4.98 Å². The fraction of sp³-hybridized carbons (Fsp3) is 0.722. The number of rotatable bonds is 5. The van der Waals surface area contributed by atoms with Crippen molar-refractivity contribution in [2.45, 2.75) is 39.0 Å². The molecule has 6 heteroatoms. The molecule has 3 rings (SSSR count). The average molecular weight is 331 g/mol. The van der Waals surface area contributed by atoms with Gasteiger partial charge in [0.25, 0.3) is 0 Å². The van der Waals surface area contributed by atoms with E-state index < -0.39 is 0 Å². The maximum Gasteiger partial charge on any atom is 0.227 e. The Morgan fingerprint density at radius 2 is 2.00 bits per heavy atom. The average Bonchev–Trinajstić information content (AvgIpc) is 2.99. The highest BCUT2D eigenvalue weighted by molar-refractivity contribution is 5.78. The Bertz CT molecular complexity index is 581. The van der Waals surface area contributed by atoms with Gasteiger partial charge in [-0.1, -0.05) is 0 Å². The molecular weight excluding hydrogens is 302 g/mol. The van der Waals surface area contributed by atoms with Crippen molar-refractivity contribution in [3.05, 3.63) is 11.8 Å². The van der Waals surface area contributed by atoms with E-state index in [2.05, 4.69) is 9.88 Å². The van der Waals surface area contributed by atoms with Gasteiger partial charge in [0.05, 0.1) is 0 Å². The molecule has 2 saturated heterocycles. The van der Waals surface area contributed by atoms with Crippen LogP contribution in [0.5, 0.6) is 0 Å². The largest absolute Gasteiger partial charge is 0.362 e. The van der Waals surface area contributed by atoms with E-state index in [1.807, 2.05) is 37.0 Å². The van der Waals surface area contributed by atoms with Crippen LogP contribution in [0.1, 0.15) is 37.7 Å². The van der Waals surface area contributed by atoms with E-state index in [1.54, 1.807) is 0 Å². The van der Waals surface area contributed by atoms with Crippen LogP contribution in [0.4, 0.5) is 11.8 Å². The molecule has 0 radical (unpaired) electrons. The van der Waals surface area contributed by atoms with Gasteiger partial charge in [0, 0.05) is 58.5 Å². The van der Waals surface area contributed by atoms with Gasteiger partial charge in [0.15, 0.2) is 0 Å². The summed E-state index contributed by atoms with van der Waals surface area (Å²) in [6, 6.07) is 0. The van der Waals surface area contributed by atoms with Crippen LogP contribution in [-0.2, 0) is 4.79 Å². The second kappa shape index (κ2) is 7.36. The molecule has 0 unspecified atom stereocenters. The predicted octanol–water partition coefficient (Wildman–Crippen LogP) is 2.08. The standard InChI is InChI=1S/C18H29N5O/c1-14-13-19-18(20-17(14)21(2)3)23-11-7-15(8-12-23)6-10-22-9-4-5-16(22)24/h13,15H,4-12H2,1-3H3. The van der Waals surface area contributed by atoms with E-state index in [4.69, 9.17) is 4.98 Å². The molecule has 0 N–H and O–H groups in total. The van der Waals surface area contributed by atoms with Crippen molar-refractivity contribution in [2.75, 3.05) is 50.1 Å². The molecule has 0 aromatic carbocycles. The maximum atomic E-state index is 11.7. The van der Waals surface area contributed by atoms with Gasteiger partial charge >= 0.3 is 0 Å². The quantitative estimate of drug-likeness (QED) is 0.827. The van der Waals surface area contributed by atoms with Crippen molar-refractivity contribution in [3.63, 3.8) is 0 Å². The lowest BCUT2D eigenvalue weighted by Crippen LogP contribution is -2.36. The predicted molar refractivity (Wildman–Crippen MR) is 96.5 cm³/mol. The van der Waals surface area contributed by atoms with Crippen LogP contribution in [0.15, 0.2) is 6.20 Å². The van der Waals surface area contributed by atoms with Gasteiger partial charge in [-0.2, -0.15) is 4.98 Å². The lowest BCUT2D eigenvalue weighted by molar-refractivity contribution is -0.127. The molecule has 1 amide bonds. The minimum absolute atomic E-state index is 0.344. The van der Waals surface area contributed by atoms with E-state index in [1.165, 1.54) is 0 Å². The SMILES string of the molecule is Cc1cnc(N2CCC(CCN3CCCC3=O)CC2)nc1N(C)C. The molecule has 6 nitrogen and oxygen atoms in total. The van der Waals surface area contributed by atoms with Crippen LogP contribution in [-0.4, -0.2) is 61.0 Å². The summed E-state index contributed by atoms with van der Waals surface area (Å²) in [5, 5.41) is 0. The Labute approximate surface area is 144 Å². The first-order valence-electron chi connectivity index (χ1n) is 9.08. The Morgan fingerprint density at radius 1 is 1.25 bits per heavy atom. The van der Waals surface area contributed by atoms with E-state index in [9.17, 15) is 4.79 Å². The number of anilines is 2. The number of hydrogen-bond acceptors (Lipinski definition) is 5. The van der Waals surface area contributed by atoms with E-state index >= 15 is 0 Å². The second-order valence-corrected chi connectivity index (χ2v) is 7.27. The van der Waals surface area contributed by atoms with Crippen LogP contribution >= 0.6 is 0 Å². The van der Waals surface area contributed by atoms with Crippen molar-refractivity contribution in [3.8, 4) is 0 Å². The smallest absolute Gasteiger partial charge is 0.227 e. The van der Waals surface area contributed by atoms with Crippen molar-refractivity contribution in [2.24, 2.45) is 5.92 Å². The number of hydrogen-bond donors (Lipinski definition) is 0. The Morgan fingerprint density at radius 3 is 2.62 bits per heavy atom. The molecule has 0 saturated carbocycles. The van der Waals surface area contributed by atoms with Crippen LogP contribution in [0.3, 0.4) is 0 Å². The Balaban J connectivity index is 1.51. The maximum absolute atomic E-state index is 11.7. The van der Waals surface area contributed by atoms with E-state index in [-0.39, 0.29) is 0 Å². The molecule has 0 spiro atoms. The molecule has 2 aliphatic rings. The van der Waals surface area contributed by atoms with Crippen molar-refractivity contribution < 1.29 is 4.79 Å². The first-order valence-corrected chi connectivity index (χ1v) is 9.08. The Hall–Kier alpha value is -1.85. The lowest BCUT2D eigenvalue weighted by Gasteiger charge is -2.33. The third kappa shape index (κ3) is 3.79. The molecule has 1 aromatic rings. The molecule has 3 heterocycles. The number of amides is 1. The monoisotopic (exact) mass is 331 g/mol. The molecule has 1 aromatic heterocycles. The molecule has 0 bridgehead atoms. The minimum atomic E-state index is 0.344. The summed E-state index contributed by atoms with van der Waals surface area (Å²) >= 11 is 0. The fourth-order valence-electron chi connectivity index (χ4n) is 3.73. The van der Waals surface area contributed by atoms with Crippen LogP contribution in [0.2, 0.25) is 0 Å². The lowest BCUT2D eigenvalue weighted by atomic mass is 9.93. The highest BCUT2D eigenvalue weighted by Crippen LogP contribution is 2.25. The van der Waals surface area contributed by atoms with Gasteiger partial charge in [-0.15, -0.1) is 0 Å². The normalized spacial score (nSPS) is 19.2. The van der Waals surface area contributed by atoms with Gasteiger partial charge in [-0.3, -0.25) is 4.79 Å². The van der Waals surface area contributed by atoms with Crippen LogP contribution < -0.4 is 9.80 Å². The summed E-state index contributed by atoms with van der Waals surface area (Å²) in [5.74, 6) is 2.90. The first kappa shape index (κ1) is 17.0. The second-order valence-electron chi connectivity index (χ2n) is 7.27. The van der Waals surface area contributed by atoms with Gasteiger partial charge in [0.1, 0.15) is 5.82 Å². The summed E-state index contributed by atoms with van der Waals surface area (Å²) in [6.07, 6.45) is 7.17. The molecule has 2 aliphatic heterocycles. The highest BCUT2D eigenvalue weighted by Gasteiger charge is 2.24. The zero-order valence-corrected chi connectivity index (χ0v) is 15.2. The highest BCUT2D eigenvalue weighted by atomic mass is 16.2. The van der Waals surface area contributed by atoms with Crippen LogP contribution in [0, 0.1) is 12.8 Å². The molecule has 132 valence electrons. The van der Waals surface area contributed by atoms with Crippen molar-refractivity contribution in [1.82, 2.24) is 14.9 Å². The summed E-state index contributed by atoms with van der Waals surface area (Å²) < 4.78 is 0. The minimum Gasteiger partial charge on any atom is -0.362 e. The summed E-state index contributed by atoms with van der Waals surface area (Å²) in [5.41, 5.74) is 1.11. The fourth-order valence-corrected chi connectivity index (χ4v) is 3.73. The number of nitrogens with zero attached hydrogens (tertiary/aromatic N) is 5. The number of aromatic nitrogens is 2. The number of aryl methyl sites for hydroxylation is 1. The van der Waals surface area contributed by atoms with Gasteiger partial charge in [0.2, 0.25) is 11.9 Å². The Kier molecular flexibility index (Phi) is 5.21. The van der Waals surface area contributed by atoms with Gasteiger partial charge in [-0.05, 0) is 38.5 Å². The number of piperidine rings is 1. The van der Waals surface area contributed by atoms with Crippen molar-refractivity contribution in [1.29, 1.82) is 0 Å². The van der Waals surface area contributed by atoms with Crippen LogP contribution in [0.25, 0.3) is 0 Å². The first-order chi connectivity index (χ1) is 11.5. The summed E-state index contributed by atoms with van der Waals surface area (Å²) in [4.78, 5) is 27.3. The number of carbonyl (C=O) groups excluding carboxylic acids is 1.